The average molecular weight is 539 g/mol. The fourth-order valence-electron chi connectivity index (χ4n) is 4.84. The molecule has 1 amide bonds. The van der Waals surface area contributed by atoms with Crippen LogP contribution in [0.4, 0.5) is 0 Å². The monoisotopic (exact) mass is 538 g/mol. The van der Waals surface area contributed by atoms with Crippen LogP contribution in [-0.4, -0.2) is 137 Å². The Hall–Kier alpha value is -1.09. The minimum absolute atomic E-state index is 0.0125. The van der Waals surface area contributed by atoms with E-state index in [9.17, 15) is 30.3 Å². The molecule has 3 rings (SSSR count). The van der Waals surface area contributed by atoms with E-state index in [1.165, 1.54) is 0 Å². The maximum atomic E-state index is 12.4. The van der Waals surface area contributed by atoms with Gasteiger partial charge in [-0.3, -0.25) is 4.79 Å². The number of hydrogen-bond acceptors (Lipinski definition) is 15. The predicted octanol–water partition coefficient (Wildman–Crippen LogP) is -6.79. The molecule has 0 aromatic carbocycles. The van der Waals surface area contributed by atoms with Crippen LogP contribution in [0.2, 0.25) is 0 Å². The summed E-state index contributed by atoms with van der Waals surface area (Å²) in [5.74, 6) is -0.825. The summed E-state index contributed by atoms with van der Waals surface area (Å²) in [5, 5.41) is 53.9. The molecule has 1 saturated carbocycles. The summed E-state index contributed by atoms with van der Waals surface area (Å²) in [6, 6.07) is -3.56. The smallest absolute Gasteiger partial charge is 0.250 e. The summed E-state index contributed by atoms with van der Waals surface area (Å²) in [7, 11) is 0. The maximum absolute atomic E-state index is 12.4. The van der Waals surface area contributed by atoms with Gasteiger partial charge in [0.25, 0.3) is 0 Å². The number of aliphatic hydroxyl groups is 5. The van der Waals surface area contributed by atoms with Crippen molar-refractivity contribution in [2.45, 2.75) is 105 Å². The molecule has 3 aliphatic rings. The number of rotatable bonds is 9. The van der Waals surface area contributed by atoms with Gasteiger partial charge in [-0.25, -0.2) is 0 Å². The molecular formula is C21H42N6O10. The third kappa shape index (κ3) is 6.92. The van der Waals surface area contributed by atoms with E-state index in [1.807, 2.05) is 0 Å². The van der Waals surface area contributed by atoms with Gasteiger partial charge in [0.15, 0.2) is 12.6 Å². The Morgan fingerprint density at radius 2 is 1.62 bits per heavy atom. The van der Waals surface area contributed by atoms with E-state index in [-0.39, 0.29) is 25.6 Å². The molecule has 0 spiro atoms. The summed E-state index contributed by atoms with van der Waals surface area (Å²) < 4.78 is 23.2. The molecule has 1 aliphatic carbocycles. The minimum atomic E-state index is -1.55. The molecule has 2 saturated heterocycles. The summed E-state index contributed by atoms with van der Waals surface area (Å²) in [6.07, 6.45) is -11.0. The number of nitrogens with two attached hydrogens (primary N) is 5. The molecule has 37 heavy (non-hydrogen) atoms. The minimum Gasteiger partial charge on any atom is -0.394 e. The van der Waals surface area contributed by atoms with Gasteiger partial charge in [0.1, 0.15) is 42.7 Å². The van der Waals surface area contributed by atoms with Crippen molar-refractivity contribution in [2.75, 3.05) is 19.7 Å². The molecule has 216 valence electrons. The van der Waals surface area contributed by atoms with Crippen LogP contribution in [0.25, 0.3) is 0 Å². The fourth-order valence-corrected chi connectivity index (χ4v) is 4.84. The van der Waals surface area contributed by atoms with E-state index in [1.54, 1.807) is 0 Å². The second-order valence-electron chi connectivity index (χ2n) is 9.85. The molecule has 0 aromatic rings. The normalized spacial score (nSPS) is 45.8. The van der Waals surface area contributed by atoms with Crippen molar-refractivity contribution in [2.24, 2.45) is 28.7 Å². The Balaban J connectivity index is 1.82. The first-order chi connectivity index (χ1) is 17.5. The highest BCUT2D eigenvalue weighted by molar-refractivity contribution is 5.81. The maximum Gasteiger partial charge on any atom is 0.250 e. The lowest BCUT2D eigenvalue weighted by atomic mass is 9.83. The Morgan fingerprint density at radius 1 is 0.946 bits per heavy atom. The molecule has 16 nitrogen and oxygen atoms in total. The molecule has 0 radical (unpaired) electrons. The van der Waals surface area contributed by atoms with Crippen LogP contribution in [0, 0.1) is 0 Å². The predicted molar refractivity (Wildman–Crippen MR) is 126 cm³/mol. The Morgan fingerprint density at radius 3 is 2.24 bits per heavy atom. The van der Waals surface area contributed by atoms with Crippen LogP contribution in [-0.2, 0) is 23.7 Å². The van der Waals surface area contributed by atoms with Crippen LogP contribution in [0.3, 0.4) is 0 Å². The molecule has 16 N–H and O–H groups in total. The van der Waals surface area contributed by atoms with Crippen LogP contribution < -0.4 is 34.0 Å². The fraction of sp³-hybridized carbons (Fsp3) is 0.952. The van der Waals surface area contributed by atoms with Crippen LogP contribution in [0.5, 0.6) is 0 Å². The summed E-state index contributed by atoms with van der Waals surface area (Å²) in [5.41, 5.74) is 29.4. The van der Waals surface area contributed by atoms with Crippen molar-refractivity contribution in [3.63, 3.8) is 0 Å². The van der Waals surface area contributed by atoms with E-state index in [2.05, 4.69) is 5.32 Å². The number of carbonyl (C=O) groups is 1. The van der Waals surface area contributed by atoms with Gasteiger partial charge < -0.3 is 78.5 Å². The van der Waals surface area contributed by atoms with Crippen molar-refractivity contribution >= 4 is 5.91 Å². The second kappa shape index (κ2) is 13.3. The SMILES string of the molecule is NCC(O)C(=O)N[C@H]1C[C@@H](N)[C@H](O[C@@H]2O[C@H](CN)CC[C@H]2N)[C@H](O)[C@@H]1O[C@H]1O[C@H](CO)[C@H](O)[C@@H](N)[C@H]1O. The molecule has 0 bridgehead atoms. The van der Waals surface area contributed by atoms with Crippen LogP contribution in [0.1, 0.15) is 19.3 Å². The number of nitrogens with one attached hydrogen (secondary N) is 1. The largest absolute Gasteiger partial charge is 0.394 e. The third-order valence-corrected chi connectivity index (χ3v) is 7.15. The molecule has 0 aromatic heterocycles. The highest BCUT2D eigenvalue weighted by Crippen LogP contribution is 2.31. The lowest BCUT2D eigenvalue weighted by molar-refractivity contribution is -0.314. The quantitative estimate of drug-likeness (QED) is 0.130. The van der Waals surface area contributed by atoms with Gasteiger partial charge in [-0.15, -0.1) is 0 Å². The van der Waals surface area contributed by atoms with Gasteiger partial charge in [-0.2, -0.15) is 0 Å². The van der Waals surface area contributed by atoms with E-state index in [0.717, 1.165) is 0 Å². The van der Waals surface area contributed by atoms with Crippen molar-refractivity contribution < 1.29 is 49.3 Å². The summed E-state index contributed by atoms with van der Waals surface area (Å²) >= 11 is 0. The van der Waals surface area contributed by atoms with Crippen molar-refractivity contribution in [1.82, 2.24) is 5.32 Å². The van der Waals surface area contributed by atoms with Crippen LogP contribution >= 0.6 is 0 Å². The average Bonchev–Trinajstić information content (AvgIpc) is 2.88. The zero-order chi connectivity index (χ0) is 27.4. The van der Waals surface area contributed by atoms with E-state index < -0.39 is 92.0 Å². The number of carbonyl (C=O) groups excluding carboxylic acids is 1. The van der Waals surface area contributed by atoms with Crippen molar-refractivity contribution in [3.8, 4) is 0 Å². The van der Waals surface area contributed by atoms with E-state index in [0.29, 0.717) is 12.8 Å². The highest BCUT2D eigenvalue weighted by Gasteiger charge is 2.51. The van der Waals surface area contributed by atoms with Crippen molar-refractivity contribution in [3.05, 3.63) is 0 Å². The molecule has 14 atom stereocenters. The van der Waals surface area contributed by atoms with Gasteiger partial charge in [0.2, 0.25) is 5.91 Å². The number of aliphatic hydroxyl groups excluding tert-OH is 5. The standard InChI is InChI=1S/C21H42N6O10/c22-4-7-1-2-8(24)20(34-7)36-17-9(25)3-10(27-19(33)11(29)5-23)18(16(17)32)37-21-15(31)13(26)14(30)12(6-28)35-21/h7-18,20-21,28-32H,1-6,22-26H2,(H,27,33)/t7-,8+,9+,10-,11?,12+,13+,14-,15+,16-,17-,18+,20-,21+/m0/s1. The van der Waals surface area contributed by atoms with E-state index >= 15 is 0 Å². The van der Waals surface area contributed by atoms with Gasteiger partial charge >= 0.3 is 0 Å². The Labute approximate surface area is 214 Å². The zero-order valence-electron chi connectivity index (χ0n) is 20.5. The van der Waals surface area contributed by atoms with Crippen LogP contribution in [0.15, 0.2) is 0 Å². The number of hydrogen-bond donors (Lipinski definition) is 11. The number of amides is 1. The molecule has 2 heterocycles. The third-order valence-electron chi connectivity index (χ3n) is 7.15. The van der Waals surface area contributed by atoms with Gasteiger partial charge in [0.05, 0.1) is 30.8 Å². The molecular weight excluding hydrogens is 496 g/mol. The highest BCUT2D eigenvalue weighted by atomic mass is 16.7. The zero-order valence-corrected chi connectivity index (χ0v) is 20.5. The molecule has 2 aliphatic heterocycles. The van der Waals surface area contributed by atoms with Gasteiger partial charge in [-0.1, -0.05) is 0 Å². The lowest BCUT2D eigenvalue weighted by Crippen LogP contribution is -2.69. The van der Waals surface area contributed by atoms with E-state index in [4.69, 9.17) is 47.6 Å². The van der Waals surface area contributed by atoms with Crippen molar-refractivity contribution in [1.29, 1.82) is 0 Å². The Bertz CT molecular complexity index is 740. The van der Waals surface area contributed by atoms with Gasteiger partial charge in [0, 0.05) is 19.1 Å². The van der Waals surface area contributed by atoms with Gasteiger partial charge in [-0.05, 0) is 19.3 Å². The number of ether oxygens (including phenoxy) is 4. The lowest BCUT2D eigenvalue weighted by Gasteiger charge is -2.48. The summed E-state index contributed by atoms with van der Waals surface area (Å²) in [4.78, 5) is 12.4. The first-order valence-electron chi connectivity index (χ1n) is 12.4. The molecule has 16 heteroatoms. The first kappa shape index (κ1) is 30.5. The topological polar surface area (TPSA) is 297 Å². The first-order valence-corrected chi connectivity index (χ1v) is 12.4. The molecule has 3 fully saturated rings. The second-order valence-corrected chi connectivity index (χ2v) is 9.85. The summed E-state index contributed by atoms with van der Waals surface area (Å²) in [6.45, 7) is -0.712. The molecule has 1 unspecified atom stereocenters. The Kier molecular flexibility index (Phi) is 11.0.